The van der Waals surface area contributed by atoms with E-state index in [-0.39, 0.29) is 12.1 Å². The first kappa shape index (κ1) is 15.8. The lowest BCUT2D eigenvalue weighted by molar-refractivity contribution is -0.143. The van der Waals surface area contributed by atoms with E-state index in [0.29, 0.717) is 26.1 Å². The molecule has 0 radical (unpaired) electrons. The van der Waals surface area contributed by atoms with Gasteiger partial charge in [0.15, 0.2) is 5.82 Å². The van der Waals surface area contributed by atoms with Crippen molar-refractivity contribution in [3.63, 3.8) is 0 Å². The van der Waals surface area contributed by atoms with Gasteiger partial charge in [0.1, 0.15) is 5.82 Å². The summed E-state index contributed by atoms with van der Waals surface area (Å²) in [6.07, 6.45) is 3.83. The van der Waals surface area contributed by atoms with Crippen molar-refractivity contribution in [3.8, 4) is 0 Å². The Balaban J connectivity index is 1.57. The summed E-state index contributed by atoms with van der Waals surface area (Å²) in [6.45, 7) is 3.57. The Labute approximate surface area is 134 Å². The molecule has 1 saturated heterocycles. The lowest BCUT2D eigenvalue weighted by atomic mass is 9.98. The molecule has 2 unspecified atom stereocenters. The van der Waals surface area contributed by atoms with E-state index >= 15 is 0 Å². The fraction of sp³-hybridized carbons (Fsp3) is 0.733. The first-order chi connectivity index (χ1) is 11.1. The third-order valence-electron chi connectivity index (χ3n) is 4.60. The van der Waals surface area contributed by atoms with Crippen molar-refractivity contribution in [1.29, 1.82) is 0 Å². The molecule has 8 nitrogen and oxygen atoms in total. The van der Waals surface area contributed by atoms with Crippen LogP contribution in [-0.2, 0) is 24.2 Å². The number of hydrogen-bond donors (Lipinski definition) is 2. The van der Waals surface area contributed by atoms with E-state index < -0.39 is 11.9 Å². The zero-order chi connectivity index (χ0) is 16.4. The predicted molar refractivity (Wildman–Crippen MR) is 82.0 cm³/mol. The molecule has 2 N–H and O–H groups in total. The van der Waals surface area contributed by atoms with Gasteiger partial charge in [-0.25, -0.2) is 14.5 Å². The summed E-state index contributed by atoms with van der Waals surface area (Å²) in [5, 5.41) is 16.6. The number of nitrogens with zero attached hydrogens (tertiary/aromatic N) is 4. The van der Waals surface area contributed by atoms with Crippen LogP contribution in [0.15, 0.2) is 0 Å². The first-order valence-corrected chi connectivity index (χ1v) is 8.27. The van der Waals surface area contributed by atoms with Gasteiger partial charge in [0.25, 0.3) is 0 Å². The summed E-state index contributed by atoms with van der Waals surface area (Å²) in [6, 6.07) is -0.146. The maximum atomic E-state index is 12.4. The van der Waals surface area contributed by atoms with Crippen LogP contribution >= 0.6 is 0 Å². The zero-order valence-corrected chi connectivity index (χ0v) is 13.4. The average Bonchev–Trinajstić information content (AvgIpc) is 2.97. The molecule has 2 amide bonds. The number of piperidine rings is 1. The second-order valence-electron chi connectivity index (χ2n) is 6.29. The molecule has 3 heterocycles. The summed E-state index contributed by atoms with van der Waals surface area (Å²) in [4.78, 5) is 29.6. The van der Waals surface area contributed by atoms with E-state index in [1.54, 1.807) is 4.90 Å². The van der Waals surface area contributed by atoms with E-state index in [1.807, 2.05) is 11.6 Å². The highest BCUT2D eigenvalue weighted by molar-refractivity contribution is 5.76. The Hall–Kier alpha value is -2.12. The van der Waals surface area contributed by atoms with E-state index in [4.69, 9.17) is 5.11 Å². The number of hydrogen-bond acceptors (Lipinski definition) is 4. The quantitative estimate of drug-likeness (QED) is 0.852. The average molecular weight is 321 g/mol. The maximum Gasteiger partial charge on any atom is 0.317 e. The van der Waals surface area contributed by atoms with Crippen molar-refractivity contribution in [2.24, 2.45) is 5.92 Å². The van der Waals surface area contributed by atoms with E-state index in [9.17, 15) is 9.59 Å². The minimum atomic E-state index is -0.820. The van der Waals surface area contributed by atoms with E-state index in [2.05, 4.69) is 15.4 Å². The van der Waals surface area contributed by atoms with Crippen LogP contribution in [0, 0.1) is 5.92 Å². The van der Waals surface area contributed by atoms with Crippen molar-refractivity contribution in [3.05, 3.63) is 11.6 Å². The molecule has 8 heteroatoms. The Morgan fingerprint density at radius 1 is 1.35 bits per heavy atom. The number of carbonyl (C=O) groups excluding carboxylic acids is 1. The van der Waals surface area contributed by atoms with Crippen molar-refractivity contribution >= 4 is 12.0 Å². The van der Waals surface area contributed by atoms with Gasteiger partial charge in [0.05, 0.1) is 18.5 Å². The Kier molecular flexibility index (Phi) is 4.49. The molecule has 23 heavy (non-hydrogen) atoms. The number of aromatic nitrogens is 3. The van der Waals surface area contributed by atoms with Gasteiger partial charge in [-0.1, -0.05) is 6.92 Å². The lowest BCUT2D eigenvalue weighted by Crippen LogP contribution is -2.51. The minimum absolute atomic E-state index is 0.0200. The number of aliphatic carboxylic acids is 1. The van der Waals surface area contributed by atoms with Crippen molar-refractivity contribution < 1.29 is 14.7 Å². The molecule has 0 bridgehead atoms. The van der Waals surface area contributed by atoms with Crippen LogP contribution in [-0.4, -0.2) is 55.9 Å². The molecular formula is C15H23N5O3. The molecule has 0 saturated carbocycles. The SMILES string of the molecule is CCc1nc2n(n1)CC(NC(=O)N1CCCC(C(=O)O)C1)CC2. The number of rotatable bonds is 3. The largest absolute Gasteiger partial charge is 0.481 e. The minimum Gasteiger partial charge on any atom is -0.481 e. The number of urea groups is 1. The Morgan fingerprint density at radius 2 is 2.17 bits per heavy atom. The summed E-state index contributed by atoms with van der Waals surface area (Å²) < 4.78 is 1.88. The number of carboxylic acid groups (broad SMARTS) is 1. The first-order valence-electron chi connectivity index (χ1n) is 8.27. The molecule has 0 aliphatic carbocycles. The molecule has 3 rings (SSSR count). The molecule has 2 atom stereocenters. The van der Waals surface area contributed by atoms with Crippen LogP contribution in [0.2, 0.25) is 0 Å². The predicted octanol–water partition coefficient (Wildman–Crippen LogP) is 0.662. The molecule has 0 spiro atoms. The highest BCUT2D eigenvalue weighted by Gasteiger charge is 2.30. The fourth-order valence-corrected chi connectivity index (χ4v) is 3.26. The van der Waals surface area contributed by atoms with Crippen molar-refractivity contribution in [2.45, 2.75) is 51.6 Å². The summed E-state index contributed by atoms with van der Waals surface area (Å²) >= 11 is 0. The molecule has 126 valence electrons. The maximum absolute atomic E-state index is 12.4. The number of carbonyl (C=O) groups is 2. The second kappa shape index (κ2) is 6.55. The van der Waals surface area contributed by atoms with Gasteiger partial charge in [0.2, 0.25) is 0 Å². The highest BCUT2D eigenvalue weighted by Crippen LogP contribution is 2.18. The zero-order valence-electron chi connectivity index (χ0n) is 13.4. The standard InChI is InChI=1S/C15H23N5O3/c1-2-12-17-13-6-5-11(9-20(13)18-12)16-15(23)19-7-3-4-10(8-19)14(21)22/h10-11H,2-9H2,1H3,(H,16,23)(H,21,22). The molecule has 0 aromatic carbocycles. The molecule has 2 aliphatic heterocycles. The van der Waals surface area contributed by atoms with Gasteiger partial charge in [-0.3, -0.25) is 4.79 Å². The second-order valence-corrected chi connectivity index (χ2v) is 6.29. The van der Waals surface area contributed by atoms with Crippen LogP contribution in [0.5, 0.6) is 0 Å². The molecular weight excluding hydrogens is 298 g/mol. The fourth-order valence-electron chi connectivity index (χ4n) is 3.26. The molecule has 1 aromatic rings. The number of aryl methyl sites for hydroxylation is 2. The normalized spacial score (nSPS) is 24.1. The summed E-state index contributed by atoms with van der Waals surface area (Å²) in [5.41, 5.74) is 0. The van der Waals surface area contributed by atoms with E-state index in [1.165, 1.54) is 0 Å². The van der Waals surface area contributed by atoms with Crippen LogP contribution in [0.4, 0.5) is 4.79 Å². The van der Waals surface area contributed by atoms with Gasteiger partial charge in [0, 0.05) is 25.9 Å². The summed E-state index contributed by atoms with van der Waals surface area (Å²) in [7, 11) is 0. The van der Waals surface area contributed by atoms with Gasteiger partial charge in [-0.2, -0.15) is 5.10 Å². The van der Waals surface area contributed by atoms with Crippen molar-refractivity contribution in [2.75, 3.05) is 13.1 Å². The third kappa shape index (κ3) is 3.46. The summed E-state index contributed by atoms with van der Waals surface area (Å²) in [5.74, 6) is 0.554. The van der Waals surface area contributed by atoms with Gasteiger partial charge in [-0.15, -0.1) is 0 Å². The number of carboxylic acids is 1. The van der Waals surface area contributed by atoms with Crippen LogP contribution in [0.1, 0.15) is 37.8 Å². The Bertz CT molecular complexity index is 600. The van der Waals surface area contributed by atoms with Crippen LogP contribution in [0.25, 0.3) is 0 Å². The van der Waals surface area contributed by atoms with Crippen LogP contribution < -0.4 is 5.32 Å². The van der Waals surface area contributed by atoms with E-state index in [0.717, 1.165) is 37.3 Å². The monoisotopic (exact) mass is 321 g/mol. The van der Waals surface area contributed by atoms with Crippen molar-refractivity contribution in [1.82, 2.24) is 25.0 Å². The van der Waals surface area contributed by atoms with Gasteiger partial charge >= 0.3 is 12.0 Å². The highest BCUT2D eigenvalue weighted by atomic mass is 16.4. The molecule has 1 aromatic heterocycles. The lowest BCUT2D eigenvalue weighted by Gasteiger charge is -2.33. The number of nitrogens with one attached hydrogen (secondary N) is 1. The van der Waals surface area contributed by atoms with Crippen LogP contribution in [0.3, 0.4) is 0 Å². The topological polar surface area (TPSA) is 100 Å². The smallest absolute Gasteiger partial charge is 0.317 e. The Morgan fingerprint density at radius 3 is 2.91 bits per heavy atom. The van der Waals surface area contributed by atoms with Gasteiger partial charge in [-0.05, 0) is 19.3 Å². The number of likely N-dealkylation sites (tertiary alicyclic amines) is 1. The molecule has 1 fully saturated rings. The number of fused-ring (bicyclic) bond motifs is 1. The third-order valence-corrected chi connectivity index (χ3v) is 4.60. The van der Waals surface area contributed by atoms with Gasteiger partial charge < -0.3 is 15.3 Å². The molecule has 2 aliphatic rings. The number of amides is 2.